The second kappa shape index (κ2) is 9.47. The van der Waals surface area contributed by atoms with Gasteiger partial charge in [-0.3, -0.25) is 19.8 Å². The molecule has 1 fully saturated rings. The molecule has 1 aliphatic heterocycles. The van der Waals surface area contributed by atoms with Crippen molar-refractivity contribution in [1.29, 1.82) is 0 Å². The summed E-state index contributed by atoms with van der Waals surface area (Å²) in [5.74, 6) is -0.308. The van der Waals surface area contributed by atoms with Crippen LogP contribution in [0.3, 0.4) is 0 Å². The molecule has 1 N–H and O–H groups in total. The van der Waals surface area contributed by atoms with Crippen LogP contribution >= 0.6 is 0 Å². The van der Waals surface area contributed by atoms with E-state index in [9.17, 15) is 19.3 Å². The maximum Gasteiger partial charge on any atom is 0.295 e. The Bertz CT molecular complexity index is 873. The van der Waals surface area contributed by atoms with E-state index in [2.05, 4.69) is 10.2 Å². The number of rotatable bonds is 6. The number of amides is 1. The van der Waals surface area contributed by atoms with Crippen LogP contribution in [0, 0.1) is 15.9 Å². The number of carbonyl (C=O) groups is 1. The number of hydrogen-bond donors (Lipinski definition) is 1. The maximum absolute atomic E-state index is 13.3. The minimum absolute atomic E-state index is 0.00257. The molecule has 29 heavy (non-hydrogen) atoms. The summed E-state index contributed by atoms with van der Waals surface area (Å²) in [6.45, 7) is 0.862. The van der Waals surface area contributed by atoms with E-state index in [0.29, 0.717) is 0 Å². The molecule has 0 spiro atoms. The van der Waals surface area contributed by atoms with Gasteiger partial charge in [-0.25, -0.2) is 4.39 Å². The van der Waals surface area contributed by atoms with Crippen molar-refractivity contribution in [1.82, 2.24) is 4.90 Å². The highest BCUT2D eigenvalue weighted by Crippen LogP contribution is 2.31. The topological polar surface area (TPSA) is 84.7 Å². The lowest BCUT2D eigenvalue weighted by atomic mass is 10.0. The minimum atomic E-state index is -0.721. The van der Waals surface area contributed by atoms with Gasteiger partial charge < -0.3 is 10.1 Å². The average molecular weight is 401 g/mol. The van der Waals surface area contributed by atoms with Crippen LogP contribution in [0.1, 0.15) is 37.3 Å². The zero-order valence-corrected chi connectivity index (χ0v) is 16.3. The molecule has 1 aliphatic rings. The molecule has 0 aliphatic carbocycles. The van der Waals surface area contributed by atoms with E-state index < -0.39 is 16.4 Å². The highest BCUT2D eigenvalue weighted by Gasteiger charge is 2.25. The van der Waals surface area contributed by atoms with Crippen LogP contribution in [0.2, 0.25) is 0 Å². The quantitative estimate of drug-likeness (QED) is 0.576. The van der Waals surface area contributed by atoms with E-state index in [1.54, 1.807) is 7.11 Å². The lowest BCUT2D eigenvalue weighted by molar-refractivity contribution is -0.384. The average Bonchev–Trinajstić information content (AvgIpc) is 2.94. The van der Waals surface area contributed by atoms with E-state index in [1.807, 2.05) is 24.3 Å². The van der Waals surface area contributed by atoms with Gasteiger partial charge in [0, 0.05) is 6.04 Å². The maximum atomic E-state index is 13.3. The predicted octanol–water partition coefficient (Wildman–Crippen LogP) is 4.30. The summed E-state index contributed by atoms with van der Waals surface area (Å²) in [4.78, 5) is 25.2. The lowest BCUT2D eigenvalue weighted by Gasteiger charge is -2.29. The molecule has 0 unspecified atom stereocenters. The Morgan fingerprint density at radius 1 is 1.24 bits per heavy atom. The number of benzene rings is 2. The third kappa shape index (κ3) is 5.29. The molecule has 1 saturated heterocycles. The van der Waals surface area contributed by atoms with E-state index >= 15 is 0 Å². The number of nitrogens with zero attached hydrogens (tertiary/aromatic N) is 2. The zero-order chi connectivity index (χ0) is 20.8. The first kappa shape index (κ1) is 20.7. The molecule has 154 valence electrons. The van der Waals surface area contributed by atoms with Gasteiger partial charge in [-0.2, -0.15) is 0 Å². The minimum Gasteiger partial charge on any atom is -0.497 e. The number of nitro benzene ring substituents is 1. The number of halogens is 1. The summed E-state index contributed by atoms with van der Waals surface area (Å²) in [6.07, 6.45) is 4.07. The normalized spacial score (nSPS) is 17.4. The number of likely N-dealkylation sites (tertiary alicyclic amines) is 1. The Morgan fingerprint density at radius 3 is 2.69 bits per heavy atom. The summed E-state index contributed by atoms with van der Waals surface area (Å²) >= 11 is 0. The number of carbonyl (C=O) groups excluding carboxylic acids is 1. The van der Waals surface area contributed by atoms with Crippen LogP contribution in [-0.4, -0.2) is 35.9 Å². The first-order valence-electron chi connectivity index (χ1n) is 9.59. The van der Waals surface area contributed by atoms with E-state index in [1.165, 1.54) is 6.07 Å². The highest BCUT2D eigenvalue weighted by molar-refractivity contribution is 5.94. The Hall–Kier alpha value is -3.00. The van der Waals surface area contributed by atoms with Crippen molar-refractivity contribution in [3.05, 3.63) is 64.0 Å². The third-order valence-electron chi connectivity index (χ3n) is 5.14. The Morgan fingerprint density at radius 2 is 2.00 bits per heavy atom. The summed E-state index contributed by atoms with van der Waals surface area (Å²) in [5, 5.41) is 13.7. The number of nitrogens with one attached hydrogen (secondary N) is 1. The number of methoxy groups -OCH3 is 1. The second-order valence-corrected chi connectivity index (χ2v) is 7.08. The first-order valence-corrected chi connectivity index (χ1v) is 9.59. The van der Waals surface area contributed by atoms with Crippen LogP contribution in [0.15, 0.2) is 42.5 Å². The molecule has 1 atom stereocenters. The molecule has 2 aromatic rings. The van der Waals surface area contributed by atoms with Gasteiger partial charge in [0.15, 0.2) is 0 Å². The van der Waals surface area contributed by atoms with Crippen molar-refractivity contribution in [2.45, 2.75) is 31.7 Å². The molecule has 0 bridgehead atoms. The third-order valence-corrected chi connectivity index (χ3v) is 5.14. The first-order chi connectivity index (χ1) is 14.0. The van der Waals surface area contributed by atoms with Crippen molar-refractivity contribution in [3.8, 4) is 5.75 Å². The molecule has 2 aromatic carbocycles. The standard InChI is InChI=1S/C21H24FN3O4/c1-29-17-9-6-15(7-10-17)19-5-3-2-4-12-24(19)14-21(26)23-18-11-8-16(22)13-20(18)25(27)28/h6-11,13,19H,2-5,12,14H2,1H3,(H,23,26)/t19-/m1/s1. The van der Waals surface area contributed by atoms with Gasteiger partial charge in [-0.15, -0.1) is 0 Å². The zero-order valence-electron chi connectivity index (χ0n) is 16.3. The molecule has 8 heteroatoms. The van der Waals surface area contributed by atoms with Crippen LogP contribution in [0.5, 0.6) is 5.75 Å². The Labute approximate surface area is 168 Å². The summed E-state index contributed by atoms with van der Waals surface area (Å²) in [5.41, 5.74) is 0.645. The van der Waals surface area contributed by atoms with Crippen LogP contribution in [-0.2, 0) is 4.79 Å². The smallest absolute Gasteiger partial charge is 0.295 e. The van der Waals surface area contributed by atoms with Crippen molar-refractivity contribution in [3.63, 3.8) is 0 Å². The van der Waals surface area contributed by atoms with E-state index in [-0.39, 0.29) is 24.2 Å². The fourth-order valence-corrected chi connectivity index (χ4v) is 3.70. The molecule has 1 amide bonds. The highest BCUT2D eigenvalue weighted by atomic mass is 19.1. The molecule has 0 aromatic heterocycles. The second-order valence-electron chi connectivity index (χ2n) is 7.08. The van der Waals surface area contributed by atoms with E-state index in [0.717, 1.165) is 55.7 Å². The van der Waals surface area contributed by atoms with Gasteiger partial charge in [0.2, 0.25) is 5.91 Å². The summed E-state index contributed by atoms with van der Waals surface area (Å²) in [7, 11) is 1.62. The number of hydrogen-bond acceptors (Lipinski definition) is 5. The van der Waals surface area contributed by atoms with Gasteiger partial charge in [0.05, 0.1) is 24.6 Å². The molecule has 3 rings (SSSR count). The van der Waals surface area contributed by atoms with Crippen LogP contribution < -0.4 is 10.1 Å². The number of ether oxygens (including phenoxy) is 1. The molecule has 7 nitrogen and oxygen atoms in total. The largest absolute Gasteiger partial charge is 0.497 e. The van der Waals surface area contributed by atoms with Gasteiger partial charge in [0.1, 0.15) is 17.3 Å². The molecular weight excluding hydrogens is 377 g/mol. The van der Waals surface area contributed by atoms with Crippen molar-refractivity contribution < 1.29 is 18.8 Å². The Kier molecular flexibility index (Phi) is 6.77. The lowest BCUT2D eigenvalue weighted by Crippen LogP contribution is -2.36. The van der Waals surface area contributed by atoms with Crippen molar-refractivity contribution >= 4 is 17.3 Å². The Balaban J connectivity index is 1.75. The molecular formula is C21H24FN3O4. The van der Waals surface area contributed by atoms with Crippen molar-refractivity contribution in [2.24, 2.45) is 0 Å². The van der Waals surface area contributed by atoms with Crippen LogP contribution in [0.4, 0.5) is 15.8 Å². The van der Waals surface area contributed by atoms with Crippen molar-refractivity contribution in [2.75, 3.05) is 25.5 Å². The molecule has 1 heterocycles. The van der Waals surface area contributed by atoms with E-state index in [4.69, 9.17) is 4.74 Å². The molecule has 0 radical (unpaired) electrons. The SMILES string of the molecule is COc1ccc([C@H]2CCCCCN2CC(=O)Nc2ccc(F)cc2[N+](=O)[O-])cc1. The van der Waals surface area contributed by atoms with Gasteiger partial charge in [-0.05, 0) is 49.2 Å². The van der Waals surface area contributed by atoms with Gasteiger partial charge >= 0.3 is 0 Å². The fraction of sp³-hybridized carbons (Fsp3) is 0.381. The number of nitro groups is 1. The van der Waals surface area contributed by atoms with Gasteiger partial charge in [-0.1, -0.05) is 25.0 Å². The number of anilines is 1. The predicted molar refractivity (Wildman–Crippen MR) is 107 cm³/mol. The summed E-state index contributed by atoms with van der Waals surface area (Å²) < 4.78 is 18.5. The van der Waals surface area contributed by atoms with Crippen LogP contribution in [0.25, 0.3) is 0 Å². The van der Waals surface area contributed by atoms with Gasteiger partial charge in [0.25, 0.3) is 5.69 Å². The fourth-order valence-electron chi connectivity index (χ4n) is 3.70. The summed E-state index contributed by atoms with van der Waals surface area (Å²) in [6, 6.07) is 11.0. The molecule has 0 saturated carbocycles. The monoisotopic (exact) mass is 401 g/mol.